The lowest BCUT2D eigenvalue weighted by atomic mass is 9.98. The first kappa shape index (κ1) is 18.5. The van der Waals surface area contributed by atoms with Gasteiger partial charge >= 0.3 is 0 Å². The first-order valence-electron chi connectivity index (χ1n) is 10.0. The highest BCUT2D eigenvalue weighted by Crippen LogP contribution is 2.29. The Morgan fingerprint density at radius 1 is 1.08 bits per heavy atom. The summed E-state index contributed by atoms with van der Waals surface area (Å²) in [7, 11) is 0. The highest BCUT2D eigenvalue weighted by molar-refractivity contribution is 5.68. The number of benzene rings is 1. The van der Waals surface area contributed by atoms with E-state index in [0.717, 1.165) is 50.7 Å². The SMILES string of the molecule is CC1CCN(c2ccc(CCCN3CC(C)OC(C)C3)cc2N)CC1. The summed E-state index contributed by atoms with van der Waals surface area (Å²) in [5.74, 6) is 0.849. The van der Waals surface area contributed by atoms with E-state index in [1.54, 1.807) is 0 Å². The summed E-state index contributed by atoms with van der Waals surface area (Å²) < 4.78 is 5.81. The summed E-state index contributed by atoms with van der Waals surface area (Å²) in [6.07, 6.45) is 5.54. The lowest BCUT2D eigenvalue weighted by Crippen LogP contribution is -2.45. The molecule has 4 heteroatoms. The molecular formula is C21H35N3O. The number of aryl methyl sites for hydroxylation is 1. The third-order valence-corrected chi connectivity index (χ3v) is 5.65. The van der Waals surface area contributed by atoms with Gasteiger partial charge in [0.05, 0.1) is 23.6 Å². The fourth-order valence-electron chi connectivity index (χ4n) is 4.27. The molecular weight excluding hydrogens is 310 g/mol. The molecule has 1 aromatic rings. The molecule has 2 unspecified atom stereocenters. The quantitative estimate of drug-likeness (QED) is 0.829. The number of ether oxygens (including phenoxy) is 1. The van der Waals surface area contributed by atoms with Crippen LogP contribution in [0.1, 0.15) is 45.6 Å². The van der Waals surface area contributed by atoms with Gasteiger partial charge in [0.15, 0.2) is 0 Å². The average Bonchev–Trinajstić information content (AvgIpc) is 2.55. The first-order chi connectivity index (χ1) is 12.0. The van der Waals surface area contributed by atoms with Crippen LogP contribution >= 0.6 is 0 Å². The highest BCUT2D eigenvalue weighted by atomic mass is 16.5. The van der Waals surface area contributed by atoms with Gasteiger partial charge in [-0.05, 0) is 69.7 Å². The summed E-state index contributed by atoms with van der Waals surface area (Å²) in [6, 6.07) is 6.70. The van der Waals surface area contributed by atoms with Crippen molar-refractivity contribution < 1.29 is 4.74 Å². The first-order valence-corrected chi connectivity index (χ1v) is 10.0. The highest BCUT2D eigenvalue weighted by Gasteiger charge is 2.21. The predicted molar refractivity (Wildman–Crippen MR) is 106 cm³/mol. The third kappa shape index (κ3) is 5.11. The van der Waals surface area contributed by atoms with Gasteiger partial charge in [0.25, 0.3) is 0 Å². The zero-order valence-corrected chi connectivity index (χ0v) is 16.2. The van der Waals surface area contributed by atoms with Crippen molar-refractivity contribution in [3.05, 3.63) is 23.8 Å². The molecule has 3 rings (SSSR count). The number of piperidine rings is 1. The van der Waals surface area contributed by atoms with E-state index in [2.05, 4.69) is 48.8 Å². The Bertz CT molecular complexity index is 544. The maximum absolute atomic E-state index is 6.37. The van der Waals surface area contributed by atoms with Crippen molar-refractivity contribution in [2.75, 3.05) is 43.4 Å². The number of hydrogen-bond acceptors (Lipinski definition) is 4. The molecule has 0 spiro atoms. The van der Waals surface area contributed by atoms with E-state index in [4.69, 9.17) is 10.5 Å². The number of nitrogens with two attached hydrogens (primary N) is 1. The molecule has 2 aliphatic heterocycles. The molecule has 1 aromatic carbocycles. The van der Waals surface area contributed by atoms with E-state index in [-0.39, 0.29) is 0 Å². The molecule has 0 saturated carbocycles. The lowest BCUT2D eigenvalue weighted by molar-refractivity contribution is -0.0680. The number of nitrogens with zero attached hydrogens (tertiary/aromatic N) is 2. The van der Waals surface area contributed by atoms with Crippen molar-refractivity contribution >= 4 is 11.4 Å². The van der Waals surface area contributed by atoms with E-state index in [1.165, 1.54) is 30.5 Å². The molecule has 2 atom stereocenters. The van der Waals surface area contributed by atoms with E-state index in [9.17, 15) is 0 Å². The number of morpholine rings is 1. The molecule has 25 heavy (non-hydrogen) atoms. The van der Waals surface area contributed by atoms with Crippen LogP contribution in [0.15, 0.2) is 18.2 Å². The van der Waals surface area contributed by atoms with E-state index >= 15 is 0 Å². The summed E-state index contributed by atoms with van der Waals surface area (Å²) >= 11 is 0. The minimum absolute atomic E-state index is 0.353. The molecule has 2 aliphatic rings. The van der Waals surface area contributed by atoms with Crippen molar-refractivity contribution in [3.63, 3.8) is 0 Å². The standard InChI is InChI=1S/C21H35N3O/c1-16-8-11-24(12-9-16)21-7-6-19(13-20(21)22)5-4-10-23-14-17(2)25-18(3)15-23/h6-7,13,16-18H,4-5,8-12,14-15,22H2,1-3H3. The zero-order chi connectivity index (χ0) is 17.8. The Labute approximate surface area is 153 Å². The smallest absolute Gasteiger partial charge is 0.0678 e. The van der Waals surface area contributed by atoms with Crippen molar-refractivity contribution in [1.82, 2.24) is 4.90 Å². The van der Waals surface area contributed by atoms with Crippen molar-refractivity contribution in [1.29, 1.82) is 0 Å². The normalized spacial score (nSPS) is 26.1. The Morgan fingerprint density at radius 3 is 2.40 bits per heavy atom. The summed E-state index contributed by atoms with van der Waals surface area (Å²) in [6.45, 7) is 12.2. The van der Waals surface area contributed by atoms with Gasteiger partial charge in [-0.1, -0.05) is 13.0 Å². The van der Waals surface area contributed by atoms with Gasteiger partial charge in [-0.2, -0.15) is 0 Å². The van der Waals surface area contributed by atoms with Crippen LogP contribution < -0.4 is 10.6 Å². The van der Waals surface area contributed by atoms with Gasteiger partial charge in [-0.25, -0.2) is 0 Å². The molecule has 0 aliphatic carbocycles. The molecule has 2 heterocycles. The second-order valence-corrected chi connectivity index (χ2v) is 8.18. The lowest BCUT2D eigenvalue weighted by Gasteiger charge is -2.35. The molecule has 0 bridgehead atoms. The molecule has 0 amide bonds. The minimum atomic E-state index is 0.353. The van der Waals surface area contributed by atoms with Gasteiger partial charge in [0.1, 0.15) is 0 Å². The van der Waals surface area contributed by atoms with Gasteiger partial charge in [-0.15, -0.1) is 0 Å². The van der Waals surface area contributed by atoms with Crippen molar-refractivity contribution in [2.24, 2.45) is 5.92 Å². The van der Waals surface area contributed by atoms with Gasteiger partial charge in [0.2, 0.25) is 0 Å². The molecule has 4 nitrogen and oxygen atoms in total. The predicted octanol–water partition coefficient (Wildman–Crippen LogP) is 3.55. The molecule has 2 N–H and O–H groups in total. The van der Waals surface area contributed by atoms with Gasteiger partial charge < -0.3 is 15.4 Å². The van der Waals surface area contributed by atoms with Crippen LogP contribution in [-0.4, -0.2) is 49.8 Å². The average molecular weight is 346 g/mol. The van der Waals surface area contributed by atoms with Crippen LogP contribution in [-0.2, 0) is 11.2 Å². The molecule has 140 valence electrons. The van der Waals surface area contributed by atoms with Gasteiger partial charge in [-0.3, -0.25) is 4.90 Å². The summed E-state index contributed by atoms with van der Waals surface area (Å²) in [5, 5.41) is 0. The Kier molecular flexibility index (Phi) is 6.24. The molecule has 0 radical (unpaired) electrons. The van der Waals surface area contributed by atoms with Crippen LogP contribution in [0.5, 0.6) is 0 Å². The minimum Gasteiger partial charge on any atom is -0.397 e. The van der Waals surface area contributed by atoms with Crippen LogP contribution in [0.2, 0.25) is 0 Å². The molecule has 2 saturated heterocycles. The largest absolute Gasteiger partial charge is 0.397 e. The van der Waals surface area contributed by atoms with Crippen LogP contribution in [0.3, 0.4) is 0 Å². The molecule has 0 aromatic heterocycles. The second-order valence-electron chi connectivity index (χ2n) is 8.18. The maximum Gasteiger partial charge on any atom is 0.0678 e. The van der Waals surface area contributed by atoms with Crippen LogP contribution in [0.25, 0.3) is 0 Å². The van der Waals surface area contributed by atoms with Crippen molar-refractivity contribution in [2.45, 2.75) is 58.7 Å². The van der Waals surface area contributed by atoms with Crippen molar-refractivity contribution in [3.8, 4) is 0 Å². The van der Waals surface area contributed by atoms with Crippen LogP contribution in [0.4, 0.5) is 11.4 Å². The Hall–Kier alpha value is -1.26. The van der Waals surface area contributed by atoms with Crippen LogP contribution in [0, 0.1) is 5.92 Å². The van der Waals surface area contributed by atoms with E-state index in [0.29, 0.717) is 12.2 Å². The fraction of sp³-hybridized carbons (Fsp3) is 0.714. The maximum atomic E-state index is 6.37. The Morgan fingerprint density at radius 2 is 1.76 bits per heavy atom. The Balaban J connectivity index is 1.49. The summed E-state index contributed by atoms with van der Waals surface area (Å²) in [4.78, 5) is 4.99. The van der Waals surface area contributed by atoms with Gasteiger partial charge in [0, 0.05) is 26.2 Å². The monoisotopic (exact) mass is 345 g/mol. The fourth-order valence-corrected chi connectivity index (χ4v) is 4.27. The number of hydrogen-bond donors (Lipinski definition) is 1. The number of anilines is 2. The number of rotatable bonds is 5. The second kappa shape index (κ2) is 8.41. The topological polar surface area (TPSA) is 41.7 Å². The number of nitrogen functional groups attached to an aromatic ring is 1. The van der Waals surface area contributed by atoms with E-state index in [1.807, 2.05) is 0 Å². The zero-order valence-electron chi connectivity index (χ0n) is 16.2. The van der Waals surface area contributed by atoms with E-state index < -0.39 is 0 Å². The molecule has 2 fully saturated rings. The summed E-state index contributed by atoms with van der Waals surface area (Å²) in [5.41, 5.74) is 9.90. The third-order valence-electron chi connectivity index (χ3n) is 5.65.